The fourth-order valence-electron chi connectivity index (χ4n) is 5.27. The number of halogens is 2. The van der Waals surface area contributed by atoms with Crippen molar-refractivity contribution in [3.63, 3.8) is 0 Å². The minimum absolute atomic E-state index is 0. The lowest BCUT2D eigenvalue weighted by atomic mass is 9.77. The molecule has 1 saturated carbocycles. The van der Waals surface area contributed by atoms with Crippen LogP contribution in [0.5, 0.6) is 0 Å². The number of carbonyl (C=O) groups is 1. The average molecular weight is 386 g/mol. The molecule has 0 aromatic carbocycles. The van der Waals surface area contributed by atoms with Crippen molar-refractivity contribution in [2.24, 2.45) is 17.8 Å². The first kappa shape index (κ1) is 18.7. The summed E-state index contributed by atoms with van der Waals surface area (Å²) in [5, 5.41) is 3.38. The molecule has 4 aliphatic rings. The molecular weight excluding hydrogens is 361 g/mol. The summed E-state index contributed by atoms with van der Waals surface area (Å²) in [6.07, 6.45) is 6.14. The molecule has 3 heterocycles. The van der Waals surface area contributed by atoms with Gasteiger partial charge >= 0.3 is 0 Å². The average Bonchev–Trinajstić information content (AvgIpc) is 2.90. The van der Waals surface area contributed by atoms with Gasteiger partial charge in [-0.2, -0.15) is 0 Å². The molecule has 25 heavy (non-hydrogen) atoms. The zero-order chi connectivity index (χ0) is 15.6. The van der Waals surface area contributed by atoms with Crippen molar-refractivity contribution in [1.82, 2.24) is 20.2 Å². The highest BCUT2D eigenvalue weighted by molar-refractivity contribution is 5.85. The van der Waals surface area contributed by atoms with Gasteiger partial charge in [0.2, 0.25) is 11.9 Å². The van der Waals surface area contributed by atoms with E-state index in [1.807, 2.05) is 6.20 Å². The highest BCUT2D eigenvalue weighted by Gasteiger charge is 2.58. The van der Waals surface area contributed by atoms with Gasteiger partial charge in [-0.1, -0.05) is 0 Å². The van der Waals surface area contributed by atoms with E-state index >= 15 is 0 Å². The first-order chi connectivity index (χ1) is 11.2. The van der Waals surface area contributed by atoms with Gasteiger partial charge in [0.05, 0.1) is 5.69 Å². The SMILES string of the molecule is Cl.Cl.Nc1ncc2c(n1)C1(CCCN(C(=O)C3[C@H]4CNC[C@@H]34)C1)CC2. The molecule has 0 radical (unpaired) electrons. The minimum Gasteiger partial charge on any atom is -0.368 e. The molecule has 1 aromatic heterocycles. The van der Waals surface area contributed by atoms with Gasteiger partial charge in [-0.25, -0.2) is 9.97 Å². The fourth-order valence-corrected chi connectivity index (χ4v) is 5.27. The van der Waals surface area contributed by atoms with Gasteiger partial charge < -0.3 is 16.0 Å². The molecule has 3 fully saturated rings. The van der Waals surface area contributed by atoms with E-state index in [4.69, 9.17) is 5.73 Å². The number of hydrogen-bond donors (Lipinski definition) is 2. The molecule has 2 unspecified atom stereocenters. The van der Waals surface area contributed by atoms with Crippen molar-refractivity contribution in [1.29, 1.82) is 0 Å². The van der Waals surface area contributed by atoms with E-state index in [1.165, 1.54) is 5.56 Å². The topological polar surface area (TPSA) is 84.1 Å². The van der Waals surface area contributed by atoms with Crippen LogP contribution in [0.1, 0.15) is 30.5 Å². The van der Waals surface area contributed by atoms with Crippen LogP contribution in [0.15, 0.2) is 6.20 Å². The zero-order valence-corrected chi connectivity index (χ0v) is 15.7. The van der Waals surface area contributed by atoms with Crippen molar-refractivity contribution in [3.8, 4) is 0 Å². The number of rotatable bonds is 1. The van der Waals surface area contributed by atoms with Crippen molar-refractivity contribution >= 4 is 36.7 Å². The summed E-state index contributed by atoms with van der Waals surface area (Å²) in [5.41, 5.74) is 8.18. The number of nitrogens with zero attached hydrogens (tertiary/aromatic N) is 3. The summed E-state index contributed by atoms with van der Waals surface area (Å²) in [7, 11) is 0. The van der Waals surface area contributed by atoms with Gasteiger partial charge in [0.25, 0.3) is 0 Å². The number of aryl methyl sites for hydroxylation is 1. The molecule has 1 amide bonds. The number of piperidine rings is 2. The van der Waals surface area contributed by atoms with E-state index in [9.17, 15) is 4.79 Å². The maximum Gasteiger partial charge on any atom is 0.226 e. The highest BCUT2D eigenvalue weighted by Crippen LogP contribution is 2.51. The number of aromatic nitrogens is 2. The molecule has 8 heteroatoms. The second-order valence-corrected chi connectivity index (χ2v) is 7.76. The fraction of sp³-hybridized carbons (Fsp3) is 0.706. The number of carbonyl (C=O) groups excluding carboxylic acids is 1. The highest BCUT2D eigenvalue weighted by atomic mass is 35.5. The summed E-state index contributed by atoms with van der Waals surface area (Å²) in [6.45, 7) is 3.76. The van der Waals surface area contributed by atoms with Gasteiger partial charge in [-0.05, 0) is 56.2 Å². The predicted molar refractivity (Wildman–Crippen MR) is 100 cm³/mol. The number of nitrogen functional groups attached to an aromatic ring is 1. The Labute approximate surface area is 160 Å². The van der Waals surface area contributed by atoms with Crippen LogP contribution < -0.4 is 11.1 Å². The van der Waals surface area contributed by atoms with E-state index in [0.717, 1.165) is 57.6 Å². The molecule has 6 nitrogen and oxygen atoms in total. The molecule has 4 atom stereocenters. The third-order valence-corrected chi connectivity index (χ3v) is 6.52. The Morgan fingerprint density at radius 3 is 2.80 bits per heavy atom. The largest absolute Gasteiger partial charge is 0.368 e. The van der Waals surface area contributed by atoms with Crippen LogP contribution in [0.3, 0.4) is 0 Å². The normalized spacial score (nSPS) is 34.7. The van der Waals surface area contributed by atoms with E-state index in [-0.39, 0.29) is 36.1 Å². The van der Waals surface area contributed by atoms with Crippen LogP contribution in [-0.4, -0.2) is 47.0 Å². The minimum atomic E-state index is 0. The monoisotopic (exact) mass is 385 g/mol. The standard InChI is InChI=1S/C17H23N5O.2ClH/c18-16-20-6-10-2-4-17(14(10)21-16)3-1-5-22(9-17)15(23)13-11-7-19-8-12(11)13;;/h6,11-13,19H,1-5,7-9H2,(H2,18,20,21);2*1H/t11-,12+,13?,17?;;. The van der Waals surface area contributed by atoms with Crippen molar-refractivity contribution in [2.75, 3.05) is 31.9 Å². The molecular formula is C17H25Cl2N5O. The number of nitrogens with two attached hydrogens (primary N) is 1. The van der Waals surface area contributed by atoms with Gasteiger partial charge in [-0.3, -0.25) is 4.79 Å². The van der Waals surface area contributed by atoms with E-state index in [1.54, 1.807) is 0 Å². The maximum absolute atomic E-state index is 12.9. The number of likely N-dealkylation sites (tertiary alicyclic amines) is 1. The summed E-state index contributed by atoms with van der Waals surface area (Å²) in [4.78, 5) is 23.8. The third-order valence-electron chi connectivity index (χ3n) is 6.52. The van der Waals surface area contributed by atoms with Gasteiger partial charge in [-0.15, -0.1) is 24.8 Å². The Morgan fingerprint density at radius 1 is 1.28 bits per heavy atom. The lowest BCUT2D eigenvalue weighted by Gasteiger charge is -2.40. The molecule has 138 valence electrons. The number of anilines is 1. The van der Waals surface area contributed by atoms with Crippen LogP contribution in [0.25, 0.3) is 0 Å². The van der Waals surface area contributed by atoms with Gasteiger partial charge in [0, 0.05) is 30.6 Å². The summed E-state index contributed by atoms with van der Waals surface area (Å²) < 4.78 is 0. The number of nitrogens with one attached hydrogen (secondary N) is 1. The summed E-state index contributed by atoms with van der Waals surface area (Å²) >= 11 is 0. The second-order valence-electron chi connectivity index (χ2n) is 7.76. The van der Waals surface area contributed by atoms with Crippen LogP contribution in [-0.2, 0) is 16.6 Å². The Bertz CT molecular complexity index is 673. The Hall–Kier alpha value is -1.11. The summed E-state index contributed by atoms with van der Waals surface area (Å²) in [5.74, 6) is 2.21. The first-order valence-electron chi connectivity index (χ1n) is 8.79. The maximum atomic E-state index is 12.9. The van der Waals surface area contributed by atoms with Crippen LogP contribution in [0.4, 0.5) is 5.95 Å². The first-order valence-corrected chi connectivity index (χ1v) is 8.79. The molecule has 3 N–H and O–H groups in total. The molecule has 2 saturated heterocycles. The second kappa shape index (κ2) is 6.56. The van der Waals surface area contributed by atoms with Gasteiger partial charge in [0.1, 0.15) is 0 Å². The number of fused-ring (bicyclic) bond motifs is 3. The Morgan fingerprint density at radius 2 is 2.04 bits per heavy atom. The number of hydrogen-bond acceptors (Lipinski definition) is 5. The quantitative estimate of drug-likeness (QED) is 0.757. The number of amides is 1. The van der Waals surface area contributed by atoms with Crippen LogP contribution in [0.2, 0.25) is 0 Å². The molecule has 1 aromatic rings. The molecule has 2 aliphatic heterocycles. The molecule has 5 rings (SSSR count). The van der Waals surface area contributed by atoms with E-state index in [2.05, 4.69) is 20.2 Å². The van der Waals surface area contributed by atoms with Crippen molar-refractivity contribution in [2.45, 2.75) is 31.1 Å². The van der Waals surface area contributed by atoms with E-state index < -0.39 is 0 Å². The van der Waals surface area contributed by atoms with Crippen molar-refractivity contribution < 1.29 is 4.79 Å². The van der Waals surface area contributed by atoms with Crippen molar-refractivity contribution in [3.05, 3.63) is 17.5 Å². The zero-order valence-electron chi connectivity index (χ0n) is 14.1. The Balaban J connectivity index is 0.000000911. The van der Waals surface area contributed by atoms with Gasteiger partial charge in [0.15, 0.2) is 0 Å². The Kier molecular flexibility index (Phi) is 4.90. The van der Waals surface area contributed by atoms with Crippen LogP contribution >= 0.6 is 24.8 Å². The predicted octanol–water partition coefficient (Wildman–Crippen LogP) is 1.17. The smallest absolute Gasteiger partial charge is 0.226 e. The molecule has 2 aliphatic carbocycles. The third kappa shape index (κ3) is 2.78. The lowest BCUT2D eigenvalue weighted by molar-refractivity contribution is -0.135. The van der Waals surface area contributed by atoms with E-state index in [0.29, 0.717) is 23.7 Å². The molecule has 0 bridgehead atoms. The summed E-state index contributed by atoms with van der Waals surface area (Å²) in [6, 6.07) is 0. The molecule has 1 spiro atoms. The lowest BCUT2D eigenvalue weighted by Crippen LogP contribution is -2.49. The van der Waals surface area contributed by atoms with Crippen LogP contribution in [0, 0.1) is 17.8 Å².